The van der Waals surface area contributed by atoms with Gasteiger partial charge in [0.05, 0.1) is 23.6 Å². The van der Waals surface area contributed by atoms with Crippen molar-refractivity contribution in [3.05, 3.63) is 0 Å². The zero-order chi connectivity index (χ0) is 16.2. The summed E-state index contributed by atoms with van der Waals surface area (Å²) in [4.78, 5) is 13.1. The Hall–Kier alpha value is -0.890. The third kappa shape index (κ3) is 4.55. The maximum atomic E-state index is 11.7. The van der Waals surface area contributed by atoms with Gasteiger partial charge in [0.15, 0.2) is 14.9 Å². The highest BCUT2D eigenvalue weighted by Gasteiger charge is 2.46. The number of rotatable bonds is 8. The second-order valence-corrected chi connectivity index (χ2v) is 8.55. The number of sulfone groups is 1. The van der Waals surface area contributed by atoms with Crippen LogP contribution in [0.5, 0.6) is 0 Å². The maximum Gasteiger partial charge on any atom is 0.219 e. The number of amides is 1. The van der Waals surface area contributed by atoms with Crippen LogP contribution < -0.4 is 10.6 Å². The van der Waals surface area contributed by atoms with Gasteiger partial charge in [-0.15, -0.1) is 0 Å². The van der Waals surface area contributed by atoms with Crippen molar-refractivity contribution in [2.75, 3.05) is 24.6 Å². The summed E-state index contributed by atoms with van der Waals surface area (Å²) in [7, 11) is -2.92. The van der Waals surface area contributed by atoms with E-state index in [0.29, 0.717) is 11.5 Å². The highest BCUT2D eigenvalue weighted by molar-refractivity contribution is 7.91. The summed E-state index contributed by atoms with van der Waals surface area (Å²) >= 11 is 5.30. The standard InChI is InChI=1S/C14H25N3O3S2/c1-2-13(18)15-7-5-3-4-6-8-17-12-10-22(19,20)9-11(12)16-14(17)21/h11-12H,2-10H2,1H3,(H,15,18)(H,16,21)/t11-,12-/m0/s1. The summed E-state index contributed by atoms with van der Waals surface area (Å²) in [6.07, 6.45) is 4.63. The van der Waals surface area contributed by atoms with E-state index in [-0.39, 0.29) is 29.5 Å². The van der Waals surface area contributed by atoms with E-state index in [1.807, 2.05) is 11.8 Å². The minimum Gasteiger partial charge on any atom is -0.357 e. The molecule has 2 fully saturated rings. The lowest BCUT2D eigenvalue weighted by atomic mass is 10.1. The van der Waals surface area contributed by atoms with Crippen molar-refractivity contribution in [3.63, 3.8) is 0 Å². The topological polar surface area (TPSA) is 78.5 Å². The van der Waals surface area contributed by atoms with Gasteiger partial charge in [0.1, 0.15) is 0 Å². The molecule has 2 heterocycles. The Labute approximate surface area is 137 Å². The molecule has 0 spiro atoms. The molecule has 2 N–H and O–H groups in total. The molecule has 0 aromatic carbocycles. The van der Waals surface area contributed by atoms with Crippen LogP contribution in [0, 0.1) is 0 Å². The van der Waals surface area contributed by atoms with Crippen LogP contribution in [0.25, 0.3) is 0 Å². The Bertz CT molecular complexity index is 521. The number of nitrogens with zero attached hydrogens (tertiary/aromatic N) is 1. The van der Waals surface area contributed by atoms with Gasteiger partial charge >= 0.3 is 0 Å². The molecule has 126 valence electrons. The lowest BCUT2D eigenvalue weighted by molar-refractivity contribution is -0.120. The lowest BCUT2D eigenvalue weighted by Gasteiger charge is -2.23. The quantitative estimate of drug-likeness (QED) is 0.490. The molecule has 0 bridgehead atoms. The number of hydrogen-bond donors (Lipinski definition) is 2. The number of carbonyl (C=O) groups excluding carboxylic acids is 1. The van der Waals surface area contributed by atoms with Gasteiger partial charge in [0.2, 0.25) is 5.91 Å². The molecule has 22 heavy (non-hydrogen) atoms. The highest BCUT2D eigenvalue weighted by atomic mass is 32.2. The summed E-state index contributed by atoms with van der Waals surface area (Å²) < 4.78 is 23.4. The fourth-order valence-electron chi connectivity index (χ4n) is 3.05. The van der Waals surface area contributed by atoms with Gasteiger partial charge in [-0.05, 0) is 25.1 Å². The average Bonchev–Trinajstić information content (AvgIpc) is 2.89. The van der Waals surface area contributed by atoms with Crippen LogP contribution in [0.3, 0.4) is 0 Å². The number of hydrogen-bond acceptors (Lipinski definition) is 4. The van der Waals surface area contributed by atoms with Crippen LogP contribution in [-0.4, -0.2) is 61.0 Å². The van der Waals surface area contributed by atoms with Crippen LogP contribution in [0.2, 0.25) is 0 Å². The second-order valence-electron chi connectivity index (χ2n) is 6.01. The van der Waals surface area contributed by atoms with E-state index in [4.69, 9.17) is 12.2 Å². The summed E-state index contributed by atoms with van der Waals surface area (Å²) in [6, 6.07) is -0.0110. The minimum absolute atomic E-state index is 0.0151. The molecule has 1 amide bonds. The second kappa shape index (κ2) is 7.59. The van der Waals surface area contributed by atoms with Crippen LogP contribution in [0.1, 0.15) is 39.0 Å². The molecule has 0 radical (unpaired) electrons. The van der Waals surface area contributed by atoms with Gasteiger partial charge in [-0.3, -0.25) is 4.79 Å². The number of fused-ring (bicyclic) bond motifs is 1. The normalized spacial score (nSPS) is 25.9. The van der Waals surface area contributed by atoms with Crippen molar-refractivity contribution in [2.45, 2.75) is 51.1 Å². The largest absolute Gasteiger partial charge is 0.357 e. The van der Waals surface area contributed by atoms with E-state index in [2.05, 4.69) is 10.6 Å². The molecule has 2 atom stereocenters. The van der Waals surface area contributed by atoms with E-state index >= 15 is 0 Å². The van der Waals surface area contributed by atoms with Crippen LogP contribution >= 0.6 is 12.2 Å². The molecule has 2 aliphatic heterocycles. The van der Waals surface area contributed by atoms with Crippen molar-refractivity contribution < 1.29 is 13.2 Å². The predicted molar refractivity (Wildman–Crippen MR) is 90.4 cm³/mol. The molecule has 6 nitrogen and oxygen atoms in total. The third-order valence-corrected chi connectivity index (χ3v) is 6.33. The molecule has 0 unspecified atom stereocenters. The van der Waals surface area contributed by atoms with E-state index in [9.17, 15) is 13.2 Å². The Morgan fingerprint density at radius 2 is 2.05 bits per heavy atom. The van der Waals surface area contributed by atoms with Gasteiger partial charge in [-0.1, -0.05) is 19.8 Å². The Morgan fingerprint density at radius 1 is 1.32 bits per heavy atom. The van der Waals surface area contributed by atoms with Crippen molar-refractivity contribution in [2.24, 2.45) is 0 Å². The number of nitrogens with one attached hydrogen (secondary N) is 2. The highest BCUT2D eigenvalue weighted by Crippen LogP contribution is 2.24. The third-order valence-electron chi connectivity index (χ3n) is 4.26. The molecule has 0 aromatic rings. The number of unbranched alkanes of at least 4 members (excludes halogenated alkanes) is 3. The number of carbonyl (C=O) groups is 1. The molecular formula is C14H25N3O3S2. The first-order valence-corrected chi connectivity index (χ1v) is 10.2. The SMILES string of the molecule is CCC(=O)NCCCCCCN1C(=S)N[C@H]2CS(=O)(=O)C[C@@H]21. The molecule has 0 saturated carbocycles. The van der Waals surface area contributed by atoms with Crippen molar-refractivity contribution in [1.29, 1.82) is 0 Å². The maximum absolute atomic E-state index is 11.7. The molecule has 2 saturated heterocycles. The van der Waals surface area contributed by atoms with Crippen LogP contribution in [0.4, 0.5) is 0 Å². The first-order valence-electron chi connectivity index (χ1n) is 7.97. The molecular weight excluding hydrogens is 322 g/mol. The monoisotopic (exact) mass is 347 g/mol. The Kier molecular flexibility index (Phi) is 6.02. The average molecular weight is 348 g/mol. The van der Waals surface area contributed by atoms with E-state index < -0.39 is 9.84 Å². The zero-order valence-corrected chi connectivity index (χ0v) is 14.6. The fraction of sp³-hybridized carbons (Fsp3) is 0.857. The van der Waals surface area contributed by atoms with Crippen molar-refractivity contribution in [1.82, 2.24) is 15.5 Å². The van der Waals surface area contributed by atoms with Gasteiger partial charge in [-0.2, -0.15) is 0 Å². The molecule has 8 heteroatoms. The van der Waals surface area contributed by atoms with E-state index in [0.717, 1.165) is 38.8 Å². The first-order chi connectivity index (χ1) is 10.4. The van der Waals surface area contributed by atoms with Gasteiger partial charge in [-0.25, -0.2) is 8.42 Å². The van der Waals surface area contributed by atoms with Crippen molar-refractivity contribution >= 4 is 33.1 Å². The van der Waals surface area contributed by atoms with E-state index in [1.165, 1.54) is 0 Å². The van der Waals surface area contributed by atoms with Crippen molar-refractivity contribution in [3.8, 4) is 0 Å². The van der Waals surface area contributed by atoms with Gasteiger partial charge in [0.25, 0.3) is 0 Å². The van der Waals surface area contributed by atoms with Gasteiger partial charge < -0.3 is 15.5 Å². The molecule has 2 aliphatic rings. The molecule has 2 rings (SSSR count). The summed E-state index contributed by atoms with van der Waals surface area (Å²) in [5.41, 5.74) is 0. The Morgan fingerprint density at radius 3 is 2.77 bits per heavy atom. The molecule has 0 aromatic heterocycles. The summed E-state index contributed by atoms with van der Waals surface area (Å²) in [6.45, 7) is 3.39. The first kappa shape index (κ1) is 17.5. The lowest BCUT2D eigenvalue weighted by Crippen LogP contribution is -2.37. The smallest absolute Gasteiger partial charge is 0.219 e. The van der Waals surface area contributed by atoms with Gasteiger partial charge in [0, 0.05) is 19.5 Å². The zero-order valence-electron chi connectivity index (χ0n) is 13.0. The minimum atomic E-state index is -2.92. The fourth-order valence-corrected chi connectivity index (χ4v) is 5.35. The predicted octanol–water partition coefficient (Wildman–Crippen LogP) is 0.429. The molecule has 0 aliphatic carbocycles. The van der Waals surface area contributed by atoms with E-state index in [1.54, 1.807) is 0 Å². The Balaban J connectivity index is 1.63. The van der Waals surface area contributed by atoms with Crippen LogP contribution in [0.15, 0.2) is 0 Å². The van der Waals surface area contributed by atoms with Crippen LogP contribution in [-0.2, 0) is 14.6 Å². The number of thiocarbonyl (C=S) groups is 1. The summed E-state index contributed by atoms with van der Waals surface area (Å²) in [5, 5.41) is 6.69. The summed E-state index contributed by atoms with van der Waals surface area (Å²) in [5.74, 6) is 0.515.